The van der Waals surface area contributed by atoms with Crippen LogP contribution in [0.15, 0.2) is 36.5 Å². The average Bonchev–Trinajstić information content (AvgIpc) is 3.03. The predicted molar refractivity (Wildman–Crippen MR) is 100 cm³/mol. The number of ether oxygens (including phenoxy) is 1. The lowest BCUT2D eigenvalue weighted by atomic mass is 10.1. The summed E-state index contributed by atoms with van der Waals surface area (Å²) in [5.41, 5.74) is 8.49. The van der Waals surface area contributed by atoms with Gasteiger partial charge in [0.1, 0.15) is 0 Å². The molecule has 0 aliphatic heterocycles. The van der Waals surface area contributed by atoms with Crippen molar-refractivity contribution in [3.63, 3.8) is 0 Å². The van der Waals surface area contributed by atoms with Crippen LogP contribution in [0.3, 0.4) is 0 Å². The lowest BCUT2D eigenvalue weighted by Crippen LogP contribution is -2.42. The molecule has 8 nitrogen and oxygen atoms in total. The monoisotopic (exact) mass is 367 g/mol. The van der Waals surface area contributed by atoms with Crippen LogP contribution in [-0.2, 0) is 11.3 Å². The fourth-order valence-electron chi connectivity index (χ4n) is 2.69. The maximum Gasteiger partial charge on any atom is 0.426 e. The van der Waals surface area contributed by atoms with E-state index in [4.69, 9.17) is 4.74 Å². The molecule has 0 unspecified atom stereocenters. The number of carbonyl (C=O) groups excluding carboxylic acids is 2. The maximum atomic E-state index is 12.5. The normalized spacial score (nSPS) is 10.6. The molecule has 0 saturated carbocycles. The zero-order valence-electron chi connectivity index (χ0n) is 15.4. The number of nitrogens with zero attached hydrogens (tertiary/aromatic N) is 3. The first-order valence-electron chi connectivity index (χ1n) is 8.59. The Balaban J connectivity index is 1.87. The third-order valence-electron chi connectivity index (χ3n) is 3.99. The van der Waals surface area contributed by atoms with Crippen LogP contribution in [0, 0.1) is 13.8 Å². The Morgan fingerprint density at radius 2 is 1.89 bits per heavy atom. The minimum Gasteiger partial charge on any atom is -0.449 e. The topological polar surface area (TPSA) is 98.1 Å². The van der Waals surface area contributed by atoms with E-state index in [0.717, 1.165) is 5.56 Å². The molecule has 3 aromatic rings. The Bertz CT molecular complexity index is 979. The van der Waals surface area contributed by atoms with Crippen molar-refractivity contribution in [1.82, 2.24) is 25.6 Å². The molecule has 2 heterocycles. The molecule has 2 aromatic heterocycles. The molecule has 0 atom stereocenters. The number of rotatable bonds is 4. The fourth-order valence-corrected chi connectivity index (χ4v) is 2.69. The van der Waals surface area contributed by atoms with Crippen LogP contribution in [0.5, 0.6) is 0 Å². The Labute approximate surface area is 156 Å². The minimum atomic E-state index is -0.720. The van der Waals surface area contributed by atoms with E-state index in [9.17, 15) is 9.59 Å². The van der Waals surface area contributed by atoms with Gasteiger partial charge >= 0.3 is 6.09 Å². The van der Waals surface area contributed by atoms with Gasteiger partial charge in [0.25, 0.3) is 5.91 Å². The molecular weight excluding hydrogens is 346 g/mol. The number of fused-ring (bicyclic) bond motifs is 1. The van der Waals surface area contributed by atoms with Crippen molar-refractivity contribution in [2.45, 2.75) is 27.3 Å². The van der Waals surface area contributed by atoms with Gasteiger partial charge in [-0.05, 0) is 32.4 Å². The SMILES string of the molecule is CCOC(=O)NNC(=O)c1cc(C)nc2c1cnn2Cc1ccc(C)cc1. The lowest BCUT2D eigenvalue weighted by Gasteiger charge is -2.09. The van der Waals surface area contributed by atoms with Crippen LogP contribution in [0.25, 0.3) is 11.0 Å². The molecule has 0 aliphatic rings. The smallest absolute Gasteiger partial charge is 0.426 e. The quantitative estimate of drug-likeness (QED) is 0.691. The number of benzene rings is 1. The highest BCUT2D eigenvalue weighted by molar-refractivity contribution is 6.05. The maximum absolute atomic E-state index is 12.5. The third-order valence-corrected chi connectivity index (χ3v) is 3.99. The molecule has 0 bridgehead atoms. The van der Waals surface area contributed by atoms with E-state index in [1.165, 1.54) is 5.56 Å². The lowest BCUT2D eigenvalue weighted by molar-refractivity contribution is 0.0914. The molecule has 2 amide bonds. The zero-order chi connectivity index (χ0) is 19.4. The Hall–Kier alpha value is -3.42. The molecule has 1 aromatic carbocycles. The number of pyridine rings is 1. The fraction of sp³-hybridized carbons (Fsp3) is 0.263. The second-order valence-electron chi connectivity index (χ2n) is 6.14. The summed E-state index contributed by atoms with van der Waals surface area (Å²) in [6, 6.07) is 9.81. The van der Waals surface area contributed by atoms with Gasteiger partial charge in [0, 0.05) is 5.69 Å². The van der Waals surface area contributed by atoms with Crippen LogP contribution >= 0.6 is 0 Å². The summed E-state index contributed by atoms with van der Waals surface area (Å²) < 4.78 is 6.48. The van der Waals surface area contributed by atoms with E-state index in [0.29, 0.717) is 28.8 Å². The van der Waals surface area contributed by atoms with Gasteiger partial charge in [-0.25, -0.2) is 19.9 Å². The molecule has 0 fully saturated rings. The van der Waals surface area contributed by atoms with Gasteiger partial charge in [0.15, 0.2) is 5.65 Å². The third kappa shape index (κ3) is 4.22. The largest absolute Gasteiger partial charge is 0.449 e. The summed E-state index contributed by atoms with van der Waals surface area (Å²) >= 11 is 0. The van der Waals surface area contributed by atoms with E-state index >= 15 is 0 Å². The number of amides is 2. The van der Waals surface area contributed by atoms with Crippen LogP contribution in [-0.4, -0.2) is 33.4 Å². The van der Waals surface area contributed by atoms with Crippen LogP contribution in [0.1, 0.15) is 34.1 Å². The van der Waals surface area contributed by atoms with Gasteiger partial charge in [-0.15, -0.1) is 0 Å². The van der Waals surface area contributed by atoms with Crippen molar-refractivity contribution in [2.24, 2.45) is 0 Å². The number of aryl methyl sites for hydroxylation is 2. The number of carbonyl (C=O) groups is 2. The van der Waals surface area contributed by atoms with Crippen LogP contribution < -0.4 is 10.9 Å². The first-order chi connectivity index (χ1) is 13.0. The van der Waals surface area contributed by atoms with Crippen molar-refractivity contribution >= 4 is 23.0 Å². The second kappa shape index (κ2) is 7.86. The number of hydrogen-bond acceptors (Lipinski definition) is 5. The summed E-state index contributed by atoms with van der Waals surface area (Å²) in [5.74, 6) is -0.464. The zero-order valence-corrected chi connectivity index (χ0v) is 15.4. The highest BCUT2D eigenvalue weighted by Crippen LogP contribution is 2.19. The number of aromatic nitrogens is 3. The first kappa shape index (κ1) is 18.4. The Morgan fingerprint density at radius 3 is 2.59 bits per heavy atom. The minimum absolute atomic E-state index is 0.214. The van der Waals surface area contributed by atoms with E-state index in [-0.39, 0.29) is 6.61 Å². The van der Waals surface area contributed by atoms with Crippen LogP contribution in [0.2, 0.25) is 0 Å². The summed E-state index contributed by atoms with van der Waals surface area (Å²) in [4.78, 5) is 28.4. The molecule has 8 heteroatoms. The molecule has 140 valence electrons. The van der Waals surface area contributed by atoms with Crippen molar-refractivity contribution in [2.75, 3.05) is 6.61 Å². The van der Waals surface area contributed by atoms with Crippen molar-refractivity contribution in [3.05, 3.63) is 58.9 Å². The van der Waals surface area contributed by atoms with Gasteiger partial charge in [0.05, 0.1) is 30.3 Å². The molecule has 0 spiro atoms. The summed E-state index contributed by atoms with van der Waals surface area (Å²) in [7, 11) is 0. The Kier molecular flexibility index (Phi) is 5.35. The van der Waals surface area contributed by atoms with Crippen LogP contribution in [0.4, 0.5) is 4.79 Å². The van der Waals surface area contributed by atoms with E-state index in [2.05, 4.69) is 20.9 Å². The highest BCUT2D eigenvalue weighted by atomic mass is 16.5. The van der Waals surface area contributed by atoms with Gasteiger partial charge < -0.3 is 4.74 Å². The molecule has 3 rings (SSSR count). The van der Waals surface area contributed by atoms with E-state index in [1.807, 2.05) is 31.2 Å². The van der Waals surface area contributed by atoms with Gasteiger partial charge in [-0.3, -0.25) is 10.2 Å². The molecule has 0 saturated heterocycles. The van der Waals surface area contributed by atoms with Crippen molar-refractivity contribution in [1.29, 1.82) is 0 Å². The van der Waals surface area contributed by atoms with Crippen molar-refractivity contribution < 1.29 is 14.3 Å². The number of hydrogen-bond donors (Lipinski definition) is 2. The molecule has 0 aliphatic carbocycles. The molecule has 2 N–H and O–H groups in total. The molecule has 27 heavy (non-hydrogen) atoms. The molecular formula is C19H21N5O3. The number of hydrazine groups is 1. The van der Waals surface area contributed by atoms with Gasteiger partial charge in [-0.2, -0.15) is 5.10 Å². The standard InChI is InChI=1S/C19H21N5O3/c1-4-27-19(26)23-22-18(25)15-9-13(3)21-17-16(15)10-20-24(17)11-14-7-5-12(2)6-8-14/h5-10H,4,11H2,1-3H3,(H,22,25)(H,23,26). The van der Waals surface area contributed by atoms with Crippen molar-refractivity contribution in [3.8, 4) is 0 Å². The predicted octanol–water partition coefficient (Wildman–Crippen LogP) is 2.49. The average molecular weight is 367 g/mol. The Morgan fingerprint density at radius 1 is 1.15 bits per heavy atom. The van der Waals surface area contributed by atoms with Gasteiger partial charge in [0.2, 0.25) is 0 Å². The summed E-state index contributed by atoms with van der Waals surface area (Å²) in [6.07, 6.45) is 0.887. The summed E-state index contributed by atoms with van der Waals surface area (Å²) in [6.45, 7) is 6.28. The van der Waals surface area contributed by atoms with E-state index < -0.39 is 12.0 Å². The second-order valence-corrected chi connectivity index (χ2v) is 6.14. The van der Waals surface area contributed by atoms with E-state index in [1.54, 1.807) is 30.8 Å². The highest BCUT2D eigenvalue weighted by Gasteiger charge is 2.16. The molecule has 0 radical (unpaired) electrons. The first-order valence-corrected chi connectivity index (χ1v) is 8.59. The van der Waals surface area contributed by atoms with Gasteiger partial charge in [-0.1, -0.05) is 29.8 Å². The number of nitrogens with one attached hydrogen (secondary N) is 2. The summed E-state index contributed by atoms with van der Waals surface area (Å²) in [5, 5.41) is 4.99.